The van der Waals surface area contributed by atoms with Gasteiger partial charge in [0.05, 0.1) is 11.6 Å². The van der Waals surface area contributed by atoms with E-state index in [2.05, 4.69) is 15.9 Å². The van der Waals surface area contributed by atoms with E-state index in [-0.39, 0.29) is 11.3 Å². The van der Waals surface area contributed by atoms with Crippen molar-refractivity contribution in [2.24, 2.45) is 12.5 Å². The fraction of sp³-hybridized carbons (Fsp3) is 0.333. The number of benzene rings is 1. The second kappa shape index (κ2) is 7.07. The van der Waals surface area contributed by atoms with Gasteiger partial charge in [-0.15, -0.1) is 11.3 Å². The quantitative estimate of drug-likeness (QED) is 0.781. The van der Waals surface area contributed by atoms with Gasteiger partial charge in [-0.05, 0) is 24.3 Å². The molecule has 24 heavy (non-hydrogen) atoms. The van der Waals surface area contributed by atoms with E-state index < -0.39 is 5.41 Å². The Hall–Kier alpha value is -1.66. The molecule has 128 valence electrons. The number of carbonyl (C=O) groups is 1. The number of hydrogen-bond acceptors (Lipinski definition) is 4. The molecule has 0 unspecified atom stereocenters. The van der Waals surface area contributed by atoms with Gasteiger partial charge >= 0.3 is 0 Å². The molecular formula is C18H20BrNO3S. The summed E-state index contributed by atoms with van der Waals surface area (Å²) in [6.07, 6.45) is 3.33. The predicted octanol–water partition coefficient (Wildman–Crippen LogP) is 2.44. The molecule has 1 aromatic carbocycles. The van der Waals surface area contributed by atoms with Crippen molar-refractivity contribution in [3.63, 3.8) is 0 Å². The maximum atomic E-state index is 12.5. The van der Waals surface area contributed by atoms with Crippen molar-refractivity contribution in [3.8, 4) is 5.75 Å². The Morgan fingerprint density at radius 3 is 2.58 bits per heavy atom. The fourth-order valence-electron chi connectivity index (χ4n) is 2.00. The minimum atomic E-state index is -0.475. The van der Waals surface area contributed by atoms with Crippen molar-refractivity contribution >= 4 is 45.2 Å². The number of ether oxygens (including phenoxy) is 1. The van der Waals surface area contributed by atoms with Crippen LogP contribution in [0.2, 0.25) is 0 Å². The molecule has 2 aromatic rings. The van der Waals surface area contributed by atoms with Crippen LogP contribution in [0.3, 0.4) is 0 Å². The number of carbonyl (C=O) groups excluding carboxylic acids is 1. The second-order valence-electron chi connectivity index (χ2n) is 6.46. The molecule has 0 N–H and O–H groups in total. The summed E-state index contributed by atoms with van der Waals surface area (Å²) in [7, 11) is 3.27. The summed E-state index contributed by atoms with van der Waals surface area (Å²) >= 11 is 4.72. The number of rotatable bonds is 3. The molecule has 0 aliphatic heterocycles. The third kappa shape index (κ3) is 4.05. The van der Waals surface area contributed by atoms with Gasteiger partial charge in [-0.3, -0.25) is 9.59 Å². The first-order valence-electron chi connectivity index (χ1n) is 7.41. The third-order valence-corrected chi connectivity index (χ3v) is 5.14. The van der Waals surface area contributed by atoms with Gasteiger partial charge in [0.1, 0.15) is 10.4 Å². The SMILES string of the molecule is COc1ccc(Br)cc1/C=c1\s/c(=C\C(=O)C(C)(C)C)n(C)c1=O. The summed E-state index contributed by atoms with van der Waals surface area (Å²) in [6.45, 7) is 5.57. The largest absolute Gasteiger partial charge is 0.496 e. The van der Waals surface area contributed by atoms with Crippen LogP contribution in [0, 0.1) is 5.41 Å². The zero-order chi connectivity index (χ0) is 18.1. The van der Waals surface area contributed by atoms with Crippen molar-refractivity contribution in [1.29, 1.82) is 0 Å². The highest BCUT2D eigenvalue weighted by atomic mass is 79.9. The highest BCUT2D eigenvalue weighted by Gasteiger charge is 2.19. The first kappa shape index (κ1) is 18.7. The van der Waals surface area contributed by atoms with Crippen molar-refractivity contribution in [1.82, 2.24) is 4.57 Å². The Labute approximate surface area is 153 Å². The maximum Gasteiger partial charge on any atom is 0.268 e. The van der Waals surface area contributed by atoms with E-state index >= 15 is 0 Å². The first-order valence-corrected chi connectivity index (χ1v) is 9.01. The third-order valence-electron chi connectivity index (χ3n) is 3.53. The molecule has 0 aliphatic carbocycles. The van der Waals surface area contributed by atoms with E-state index in [0.29, 0.717) is 14.9 Å². The molecule has 1 aromatic heterocycles. The molecule has 2 rings (SSSR count). The number of ketones is 1. The zero-order valence-corrected chi connectivity index (χ0v) is 16.7. The Bertz CT molecular complexity index is 948. The van der Waals surface area contributed by atoms with E-state index in [1.807, 2.05) is 39.0 Å². The molecule has 0 fully saturated rings. The zero-order valence-electron chi connectivity index (χ0n) is 14.3. The lowest BCUT2D eigenvalue weighted by Crippen LogP contribution is -2.30. The summed E-state index contributed by atoms with van der Waals surface area (Å²) in [6, 6.07) is 5.61. The highest BCUT2D eigenvalue weighted by molar-refractivity contribution is 9.10. The fourth-order valence-corrected chi connectivity index (χ4v) is 3.40. The Morgan fingerprint density at radius 2 is 2.00 bits per heavy atom. The van der Waals surface area contributed by atoms with Crippen molar-refractivity contribution < 1.29 is 9.53 Å². The Kier molecular flexibility index (Phi) is 5.50. The lowest BCUT2D eigenvalue weighted by molar-refractivity contribution is -0.120. The van der Waals surface area contributed by atoms with Crippen molar-refractivity contribution in [2.75, 3.05) is 7.11 Å². The van der Waals surface area contributed by atoms with Crippen LogP contribution in [0.5, 0.6) is 5.75 Å². The van der Waals surface area contributed by atoms with Crippen LogP contribution < -0.4 is 19.5 Å². The Morgan fingerprint density at radius 1 is 1.33 bits per heavy atom. The predicted molar refractivity (Wildman–Crippen MR) is 102 cm³/mol. The summed E-state index contributed by atoms with van der Waals surface area (Å²) < 4.78 is 8.94. The number of hydrogen-bond donors (Lipinski definition) is 0. The van der Waals surface area contributed by atoms with E-state index in [4.69, 9.17) is 4.74 Å². The van der Waals surface area contributed by atoms with E-state index in [0.717, 1.165) is 10.0 Å². The van der Waals surface area contributed by atoms with Crippen molar-refractivity contribution in [3.05, 3.63) is 47.8 Å². The number of nitrogens with zero attached hydrogens (tertiary/aromatic N) is 1. The number of methoxy groups -OCH3 is 1. The lowest BCUT2D eigenvalue weighted by Gasteiger charge is -2.12. The van der Waals surface area contributed by atoms with Crippen LogP contribution in [0.4, 0.5) is 0 Å². The van der Waals surface area contributed by atoms with Crippen LogP contribution in [-0.4, -0.2) is 17.5 Å². The number of thiazole rings is 1. The smallest absolute Gasteiger partial charge is 0.268 e. The average Bonchev–Trinajstić information content (AvgIpc) is 2.75. The molecule has 0 amide bonds. The molecule has 0 atom stereocenters. The monoisotopic (exact) mass is 409 g/mol. The standard InChI is InChI=1S/C18H20BrNO3S/c1-18(2,3)15(21)10-16-20(4)17(22)14(24-16)9-11-8-12(19)6-7-13(11)23-5/h6-10H,1-5H3/b14-9-,16-10-. The van der Waals surface area contributed by atoms with Gasteiger partial charge in [0, 0.05) is 28.6 Å². The maximum absolute atomic E-state index is 12.5. The molecule has 0 saturated carbocycles. The Balaban J connectivity index is 2.65. The van der Waals surface area contributed by atoms with Crippen LogP contribution in [0.25, 0.3) is 12.2 Å². The summed E-state index contributed by atoms with van der Waals surface area (Å²) in [4.78, 5) is 24.7. The molecule has 6 heteroatoms. The van der Waals surface area contributed by atoms with Crippen LogP contribution in [-0.2, 0) is 11.8 Å². The highest BCUT2D eigenvalue weighted by Crippen LogP contribution is 2.23. The van der Waals surface area contributed by atoms with Gasteiger partial charge in [0.2, 0.25) is 0 Å². The van der Waals surface area contributed by atoms with Gasteiger partial charge in [-0.25, -0.2) is 0 Å². The number of Topliss-reactive ketones (excluding diaryl/α,β-unsaturated/α-hetero) is 1. The molecule has 0 radical (unpaired) electrons. The van der Waals surface area contributed by atoms with Crippen LogP contribution in [0.1, 0.15) is 26.3 Å². The molecule has 0 spiro atoms. The molecule has 1 heterocycles. The van der Waals surface area contributed by atoms with Crippen LogP contribution >= 0.6 is 27.3 Å². The van der Waals surface area contributed by atoms with Gasteiger partial charge < -0.3 is 9.30 Å². The average molecular weight is 410 g/mol. The number of aromatic nitrogens is 1. The van der Waals surface area contributed by atoms with E-state index in [9.17, 15) is 9.59 Å². The van der Waals surface area contributed by atoms with Gasteiger partial charge in [0.25, 0.3) is 5.56 Å². The molecule has 0 bridgehead atoms. The minimum absolute atomic E-state index is 0.00839. The first-order chi connectivity index (χ1) is 11.1. The number of halogens is 1. The van der Waals surface area contributed by atoms with Gasteiger partial charge in [0.15, 0.2) is 5.78 Å². The second-order valence-corrected chi connectivity index (χ2v) is 8.44. The summed E-state index contributed by atoms with van der Waals surface area (Å²) in [5.41, 5.74) is 0.201. The summed E-state index contributed by atoms with van der Waals surface area (Å²) in [5.74, 6) is 0.677. The molecular weight excluding hydrogens is 390 g/mol. The minimum Gasteiger partial charge on any atom is -0.496 e. The molecule has 4 nitrogen and oxygen atoms in total. The van der Waals surface area contributed by atoms with E-state index in [1.165, 1.54) is 15.9 Å². The van der Waals surface area contributed by atoms with Gasteiger partial charge in [-0.1, -0.05) is 36.7 Å². The van der Waals surface area contributed by atoms with Gasteiger partial charge in [-0.2, -0.15) is 0 Å². The normalized spacial score (nSPS) is 13.4. The summed E-state index contributed by atoms with van der Waals surface area (Å²) in [5, 5.41) is 0. The lowest BCUT2D eigenvalue weighted by atomic mass is 9.91. The van der Waals surface area contributed by atoms with Crippen LogP contribution in [0.15, 0.2) is 27.5 Å². The van der Waals surface area contributed by atoms with Crippen molar-refractivity contribution in [2.45, 2.75) is 20.8 Å². The molecule has 0 aliphatic rings. The molecule has 0 saturated heterocycles. The topological polar surface area (TPSA) is 48.3 Å². The van der Waals surface area contributed by atoms with E-state index in [1.54, 1.807) is 26.3 Å².